The molecule has 3 rings (SSSR count). The minimum Gasteiger partial charge on any atom is -0.457 e. The molecule has 0 spiro atoms. The molecular formula is C19H16ClFN2O4S. The molecule has 1 heterocycles. The van der Waals surface area contributed by atoms with Crippen molar-refractivity contribution in [1.82, 2.24) is 4.31 Å². The standard InChI is InChI=1S/C19H16ClFN2O4S/c1-13-17(19(24)27-12-15-7-8-16(21)9-18(15)20)11-23(28(25,26)22-13)10-14-5-3-2-4-6-14/h2-9,11H,10,12H2,1H3. The van der Waals surface area contributed by atoms with Crippen LogP contribution in [0, 0.1) is 5.82 Å². The fourth-order valence-electron chi connectivity index (χ4n) is 2.53. The van der Waals surface area contributed by atoms with Crippen LogP contribution in [-0.4, -0.2) is 24.4 Å². The van der Waals surface area contributed by atoms with Crippen molar-refractivity contribution in [2.45, 2.75) is 20.1 Å². The minimum absolute atomic E-state index is 0.0176. The number of ether oxygens (including phenoxy) is 1. The Hall–Kier alpha value is -2.71. The van der Waals surface area contributed by atoms with Crippen LogP contribution in [0.3, 0.4) is 0 Å². The van der Waals surface area contributed by atoms with Gasteiger partial charge in [0, 0.05) is 11.8 Å². The van der Waals surface area contributed by atoms with E-state index in [1.54, 1.807) is 24.3 Å². The van der Waals surface area contributed by atoms with Gasteiger partial charge in [-0.1, -0.05) is 48.0 Å². The van der Waals surface area contributed by atoms with Crippen LogP contribution in [0.5, 0.6) is 0 Å². The Balaban J connectivity index is 1.78. The maximum absolute atomic E-state index is 13.1. The molecule has 1 aliphatic heterocycles. The number of halogens is 2. The van der Waals surface area contributed by atoms with Gasteiger partial charge in [0.1, 0.15) is 12.4 Å². The van der Waals surface area contributed by atoms with Gasteiger partial charge in [-0.15, -0.1) is 4.40 Å². The van der Waals surface area contributed by atoms with Gasteiger partial charge in [-0.3, -0.25) is 4.31 Å². The van der Waals surface area contributed by atoms with Crippen LogP contribution in [-0.2, 0) is 32.9 Å². The van der Waals surface area contributed by atoms with E-state index in [9.17, 15) is 17.6 Å². The zero-order valence-corrected chi connectivity index (χ0v) is 16.4. The van der Waals surface area contributed by atoms with Gasteiger partial charge in [0.15, 0.2) is 0 Å². The maximum Gasteiger partial charge on any atom is 0.344 e. The summed E-state index contributed by atoms with van der Waals surface area (Å²) >= 11 is 5.92. The van der Waals surface area contributed by atoms with E-state index in [0.717, 1.165) is 15.9 Å². The number of rotatable bonds is 5. The summed E-state index contributed by atoms with van der Waals surface area (Å²) in [6.45, 7) is 1.25. The molecule has 28 heavy (non-hydrogen) atoms. The van der Waals surface area contributed by atoms with E-state index in [0.29, 0.717) is 5.56 Å². The van der Waals surface area contributed by atoms with Gasteiger partial charge in [0.2, 0.25) is 0 Å². The van der Waals surface area contributed by atoms with Gasteiger partial charge in [-0.05, 0) is 24.6 Å². The minimum atomic E-state index is -3.94. The zero-order chi connectivity index (χ0) is 20.3. The second-order valence-corrected chi connectivity index (χ2v) is 7.99. The molecule has 0 saturated carbocycles. The molecule has 0 amide bonds. The summed E-state index contributed by atoms with van der Waals surface area (Å²) in [5.74, 6) is -1.26. The second kappa shape index (κ2) is 8.12. The van der Waals surface area contributed by atoms with Crippen molar-refractivity contribution in [2.24, 2.45) is 4.40 Å². The molecule has 0 bridgehead atoms. The fourth-order valence-corrected chi connectivity index (χ4v) is 3.85. The van der Waals surface area contributed by atoms with Gasteiger partial charge in [0.05, 0.1) is 22.9 Å². The van der Waals surface area contributed by atoms with Crippen molar-refractivity contribution in [1.29, 1.82) is 0 Å². The highest BCUT2D eigenvalue weighted by Crippen LogP contribution is 2.22. The summed E-state index contributed by atoms with van der Waals surface area (Å²) in [5.41, 5.74) is 1.21. The lowest BCUT2D eigenvalue weighted by Crippen LogP contribution is -2.31. The second-order valence-electron chi connectivity index (χ2n) is 6.04. The van der Waals surface area contributed by atoms with Crippen molar-refractivity contribution in [3.05, 3.63) is 82.3 Å². The normalized spacial score (nSPS) is 15.6. The van der Waals surface area contributed by atoms with Gasteiger partial charge in [0.25, 0.3) is 0 Å². The van der Waals surface area contributed by atoms with Gasteiger partial charge < -0.3 is 4.74 Å². The number of hydrogen-bond acceptors (Lipinski definition) is 4. The molecule has 9 heteroatoms. The van der Waals surface area contributed by atoms with Crippen molar-refractivity contribution >= 4 is 33.5 Å². The molecule has 146 valence electrons. The van der Waals surface area contributed by atoms with E-state index < -0.39 is 22.0 Å². The molecule has 0 unspecified atom stereocenters. The highest BCUT2D eigenvalue weighted by Gasteiger charge is 2.29. The van der Waals surface area contributed by atoms with Crippen LogP contribution < -0.4 is 0 Å². The highest BCUT2D eigenvalue weighted by atomic mass is 35.5. The maximum atomic E-state index is 13.1. The number of nitrogens with zero attached hydrogens (tertiary/aromatic N) is 2. The molecule has 0 fully saturated rings. The third kappa shape index (κ3) is 4.58. The lowest BCUT2D eigenvalue weighted by Gasteiger charge is -2.23. The predicted molar refractivity (Wildman–Crippen MR) is 103 cm³/mol. The lowest BCUT2D eigenvalue weighted by molar-refractivity contribution is -0.139. The molecule has 2 aromatic carbocycles. The Kier molecular flexibility index (Phi) is 5.81. The van der Waals surface area contributed by atoms with Crippen LogP contribution in [0.4, 0.5) is 4.39 Å². The molecule has 6 nitrogen and oxygen atoms in total. The third-order valence-electron chi connectivity index (χ3n) is 3.99. The molecular weight excluding hydrogens is 407 g/mol. The molecule has 0 N–H and O–H groups in total. The van der Waals surface area contributed by atoms with Crippen molar-refractivity contribution < 1.29 is 22.3 Å². The predicted octanol–water partition coefficient (Wildman–Crippen LogP) is 3.63. The van der Waals surface area contributed by atoms with Crippen LogP contribution in [0.15, 0.2) is 64.7 Å². The third-order valence-corrected chi connectivity index (χ3v) is 5.67. The van der Waals surface area contributed by atoms with Crippen LogP contribution >= 0.6 is 11.6 Å². The summed E-state index contributed by atoms with van der Waals surface area (Å²) in [6, 6.07) is 12.6. The first kappa shape index (κ1) is 20.0. The number of benzene rings is 2. The van der Waals surface area contributed by atoms with E-state index in [1.165, 1.54) is 25.3 Å². The quantitative estimate of drug-likeness (QED) is 0.689. The molecule has 2 aromatic rings. The van der Waals surface area contributed by atoms with Crippen molar-refractivity contribution in [3.63, 3.8) is 0 Å². The Morgan fingerprint density at radius 1 is 1.21 bits per heavy atom. The Morgan fingerprint density at radius 2 is 1.93 bits per heavy atom. The van der Waals surface area contributed by atoms with E-state index in [-0.39, 0.29) is 29.5 Å². The van der Waals surface area contributed by atoms with Gasteiger partial charge >= 0.3 is 16.2 Å². The van der Waals surface area contributed by atoms with E-state index >= 15 is 0 Å². The zero-order valence-electron chi connectivity index (χ0n) is 14.8. The summed E-state index contributed by atoms with van der Waals surface area (Å²) in [7, 11) is -3.94. The first-order chi connectivity index (χ1) is 13.3. The smallest absolute Gasteiger partial charge is 0.344 e. The van der Waals surface area contributed by atoms with Crippen molar-refractivity contribution in [3.8, 4) is 0 Å². The van der Waals surface area contributed by atoms with E-state index in [4.69, 9.17) is 16.3 Å². The first-order valence-corrected chi connectivity index (χ1v) is 9.99. The highest BCUT2D eigenvalue weighted by molar-refractivity contribution is 7.88. The number of esters is 1. The summed E-state index contributed by atoms with van der Waals surface area (Å²) in [5, 5.41) is 0.129. The molecule has 0 saturated heterocycles. The average Bonchev–Trinajstić information content (AvgIpc) is 2.63. The Bertz CT molecular complexity index is 1070. The van der Waals surface area contributed by atoms with Crippen LogP contribution in [0.25, 0.3) is 0 Å². The molecule has 1 aliphatic rings. The fraction of sp³-hybridized carbons (Fsp3) is 0.158. The van der Waals surface area contributed by atoms with Crippen LogP contribution in [0.2, 0.25) is 5.02 Å². The topological polar surface area (TPSA) is 76.0 Å². The molecule has 0 aromatic heterocycles. The van der Waals surface area contributed by atoms with Gasteiger partial charge in [-0.2, -0.15) is 8.42 Å². The molecule has 0 aliphatic carbocycles. The molecule has 0 atom stereocenters. The van der Waals surface area contributed by atoms with Crippen molar-refractivity contribution in [2.75, 3.05) is 0 Å². The summed E-state index contributed by atoms with van der Waals surface area (Å²) in [6.07, 6.45) is 1.21. The number of carbonyl (C=O) groups is 1. The number of hydrogen-bond donors (Lipinski definition) is 0. The Labute approximate surface area is 167 Å². The summed E-state index contributed by atoms with van der Waals surface area (Å²) < 4.78 is 47.6. The van der Waals surface area contributed by atoms with Gasteiger partial charge in [-0.25, -0.2) is 9.18 Å². The average molecular weight is 423 g/mol. The molecule has 0 radical (unpaired) electrons. The van der Waals surface area contributed by atoms with E-state index in [1.807, 2.05) is 6.07 Å². The largest absolute Gasteiger partial charge is 0.457 e. The monoisotopic (exact) mass is 422 g/mol. The van der Waals surface area contributed by atoms with E-state index in [2.05, 4.69) is 4.40 Å². The SMILES string of the molecule is CC1=NS(=O)(=O)N(Cc2ccccc2)C=C1C(=O)OCc1ccc(F)cc1Cl. The lowest BCUT2D eigenvalue weighted by atomic mass is 10.2. The summed E-state index contributed by atoms with van der Waals surface area (Å²) in [4.78, 5) is 12.5. The number of carbonyl (C=O) groups excluding carboxylic acids is 1. The Morgan fingerprint density at radius 3 is 2.61 bits per heavy atom. The first-order valence-electron chi connectivity index (χ1n) is 8.22. The van der Waals surface area contributed by atoms with Crippen LogP contribution in [0.1, 0.15) is 18.1 Å².